The summed E-state index contributed by atoms with van der Waals surface area (Å²) in [7, 11) is 1.64. The summed E-state index contributed by atoms with van der Waals surface area (Å²) >= 11 is 0. The number of alkyl halides is 3. The Hall–Kier alpha value is -3.11. The molecule has 1 aliphatic heterocycles. The molecule has 3 N–H and O–H groups in total. The van der Waals surface area contributed by atoms with Crippen LogP contribution in [0.25, 0.3) is 0 Å². The van der Waals surface area contributed by atoms with Crippen molar-refractivity contribution in [1.29, 1.82) is 0 Å². The third-order valence-electron chi connectivity index (χ3n) is 5.50. The number of carbonyl (C=O) groups excluding carboxylic acids is 1. The number of hydrogen-bond acceptors (Lipinski definition) is 5. The van der Waals surface area contributed by atoms with E-state index in [1.807, 2.05) is 0 Å². The van der Waals surface area contributed by atoms with Crippen LogP contribution in [-0.2, 0) is 17.3 Å². The zero-order chi connectivity index (χ0) is 21.7. The molecule has 1 amide bonds. The van der Waals surface area contributed by atoms with Crippen LogP contribution in [0.5, 0.6) is 0 Å². The lowest BCUT2D eigenvalue weighted by molar-refractivity contribution is -0.00299. The smallest absolute Gasteiger partial charge is 0.283 e. The largest absolute Gasteiger partial charge is 0.461 e. The first kappa shape index (κ1) is 20.2. The number of rotatable bonds is 4. The molecule has 4 rings (SSSR count). The van der Waals surface area contributed by atoms with Crippen LogP contribution in [0.2, 0.25) is 0 Å². The molecule has 2 aliphatic rings. The highest BCUT2D eigenvalue weighted by molar-refractivity contribution is 6.02. The van der Waals surface area contributed by atoms with Gasteiger partial charge < -0.3 is 15.8 Å². The highest BCUT2D eigenvalue weighted by atomic mass is 19.3. The summed E-state index contributed by atoms with van der Waals surface area (Å²) < 4.78 is 63.9. The van der Waals surface area contributed by atoms with Crippen molar-refractivity contribution in [2.75, 3.05) is 12.0 Å². The van der Waals surface area contributed by atoms with Gasteiger partial charge in [0.15, 0.2) is 5.69 Å². The van der Waals surface area contributed by atoms with Crippen molar-refractivity contribution >= 4 is 17.6 Å². The Morgan fingerprint density at radius 2 is 2.13 bits per heavy atom. The summed E-state index contributed by atoms with van der Waals surface area (Å²) in [6.07, 6.45) is -0.905. The number of nitrogens with zero attached hydrogens (tertiary/aromatic N) is 3. The van der Waals surface area contributed by atoms with E-state index in [1.54, 1.807) is 13.2 Å². The fraction of sp³-hybridized carbons (Fsp3) is 0.421. The summed E-state index contributed by atoms with van der Waals surface area (Å²) in [6.45, 7) is -1.26. The second-order valence-corrected chi connectivity index (χ2v) is 7.56. The van der Waals surface area contributed by atoms with E-state index >= 15 is 0 Å². The van der Waals surface area contributed by atoms with E-state index in [4.69, 9.17) is 10.5 Å². The predicted octanol–water partition coefficient (Wildman–Crippen LogP) is 2.74. The van der Waals surface area contributed by atoms with Gasteiger partial charge in [-0.15, -0.1) is 0 Å². The van der Waals surface area contributed by atoms with E-state index in [-0.39, 0.29) is 16.9 Å². The number of halogens is 4. The minimum atomic E-state index is -3.11. The Kier molecular flexibility index (Phi) is 4.70. The van der Waals surface area contributed by atoms with Crippen LogP contribution in [-0.4, -0.2) is 40.4 Å². The van der Waals surface area contributed by atoms with Crippen molar-refractivity contribution in [2.45, 2.75) is 30.4 Å². The lowest BCUT2D eigenvalue weighted by Crippen LogP contribution is -2.48. The number of benzene rings is 1. The minimum Gasteiger partial charge on any atom is -0.461 e. The molecule has 0 bridgehead atoms. The molecule has 1 saturated carbocycles. The summed E-state index contributed by atoms with van der Waals surface area (Å²) in [4.78, 5) is 16.3. The topological polar surface area (TPSA) is 94.5 Å². The first-order chi connectivity index (χ1) is 14.1. The molecule has 30 heavy (non-hydrogen) atoms. The molecule has 3 atom stereocenters. The average molecular weight is 425 g/mol. The summed E-state index contributed by atoms with van der Waals surface area (Å²) in [5.41, 5.74) is 3.62. The van der Waals surface area contributed by atoms with Crippen LogP contribution >= 0.6 is 0 Å². The lowest BCUT2D eigenvalue weighted by Gasteiger charge is -2.40. The molecular formula is C19H19F4N5O2. The van der Waals surface area contributed by atoms with Gasteiger partial charge in [0.1, 0.15) is 24.1 Å². The van der Waals surface area contributed by atoms with Crippen LogP contribution in [0.15, 0.2) is 35.5 Å². The minimum absolute atomic E-state index is 0.118. The molecular weight excluding hydrogens is 406 g/mol. The second kappa shape index (κ2) is 6.99. The number of ether oxygens (including phenoxy) is 1. The fourth-order valence-corrected chi connectivity index (χ4v) is 4.16. The predicted molar refractivity (Wildman–Crippen MR) is 99.4 cm³/mol. The number of nitrogens with one attached hydrogen (secondary N) is 1. The summed E-state index contributed by atoms with van der Waals surface area (Å²) in [6, 6.07) is 4.49. The van der Waals surface area contributed by atoms with E-state index in [2.05, 4.69) is 15.4 Å². The molecule has 0 spiro atoms. The van der Waals surface area contributed by atoms with Crippen LogP contribution in [0.1, 0.15) is 28.9 Å². The first-order valence-corrected chi connectivity index (χ1v) is 9.20. The molecule has 1 fully saturated rings. The van der Waals surface area contributed by atoms with Crippen LogP contribution in [0, 0.1) is 11.7 Å². The van der Waals surface area contributed by atoms with Crippen molar-refractivity contribution in [1.82, 2.24) is 9.78 Å². The lowest BCUT2D eigenvalue weighted by atomic mass is 9.76. The van der Waals surface area contributed by atoms with Gasteiger partial charge in [-0.25, -0.2) is 22.6 Å². The van der Waals surface area contributed by atoms with Gasteiger partial charge in [-0.05, 0) is 24.3 Å². The van der Waals surface area contributed by atoms with Gasteiger partial charge in [0.2, 0.25) is 0 Å². The number of aryl methyl sites for hydroxylation is 1. The Morgan fingerprint density at radius 1 is 1.37 bits per heavy atom. The van der Waals surface area contributed by atoms with Crippen LogP contribution in [0.4, 0.5) is 23.2 Å². The van der Waals surface area contributed by atoms with Gasteiger partial charge in [0.25, 0.3) is 17.9 Å². The van der Waals surface area contributed by atoms with E-state index in [0.29, 0.717) is 0 Å². The van der Waals surface area contributed by atoms with Crippen LogP contribution in [0.3, 0.4) is 0 Å². The maximum atomic E-state index is 14.8. The number of anilines is 1. The first-order valence-electron chi connectivity index (χ1n) is 9.20. The van der Waals surface area contributed by atoms with E-state index in [0.717, 1.165) is 6.07 Å². The monoisotopic (exact) mass is 425 g/mol. The maximum Gasteiger partial charge on any atom is 0.283 e. The SMILES string of the molecule is Cn1ccc(C(=O)Nc2ccc(F)c(C3(CF)N=C(N)OC4CC(F)(F)CC43)c2)n1. The fourth-order valence-electron chi connectivity index (χ4n) is 4.16. The number of aromatic nitrogens is 2. The molecule has 0 radical (unpaired) electrons. The quantitative estimate of drug-likeness (QED) is 0.737. The number of carbonyl (C=O) groups is 1. The molecule has 3 unspecified atom stereocenters. The van der Waals surface area contributed by atoms with Gasteiger partial charge in [-0.3, -0.25) is 9.48 Å². The van der Waals surface area contributed by atoms with Crippen molar-refractivity contribution in [3.8, 4) is 0 Å². The molecule has 2 aromatic rings. The highest BCUT2D eigenvalue weighted by Crippen LogP contribution is 2.53. The zero-order valence-corrected chi connectivity index (χ0v) is 15.9. The highest BCUT2D eigenvalue weighted by Gasteiger charge is 2.60. The van der Waals surface area contributed by atoms with Crippen LogP contribution < -0.4 is 11.1 Å². The van der Waals surface area contributed by atoms with E-state index in [9.17, 15) is 22.4 Å². The molecule has 7 nitrogen and oxygen atoms in total. The van der Waals surface area contributed by atoms with Gasteiger partial charge in [-0.2, -0.15) is 5.10 Å². The molecule has 1 aromatic heterocycles. The Morgan fingerprint density at radius 3 is 2.80 bits per heavy atom. The summed E-state index contributed by atoms with van der Waals surface area (Å²) in [5.74, 6) is -5.66. The van der Waals surface area contributed by atoms with Gasteiger partial charge in [-0.1, -0.05) is 0 Å². The van der Waals surface area contributed by atoms with Gasteiger partial charge >= 0.3 is 0 Å². The van der Waals surface area contributed by atoms with Gasteiger partial charge in [0, 0.05) is 43.3 Å². The normalized spacial score (nSPS) is 27.2. The number of hydrogen-bond donors (Lipinski definition) is 2. The number of amidine groups is 1. The average Bonchev–Trinajstić information content (AvgIpc) is 3.24. The van der Waals surface area contributed by atoms with Crippen molar-refractivity contribution in [2.24, 2.45) is 23.7 Å². The van der Waals surface area contributed by atoms with E-state index in [1.165, 1.54) is 22.9 Å². The molecule has 1 aromatic carbocycles. The Bertz CT molecular complexity index is 1020. The Balaban J connectivity index is 1.73. The third-order valence-corrected chi connectivity index (χ3v) is 5.50. The maximum absolute atomic E-state index is 14.8. The molecule has 11 heteroatoms. The number of nitrogens with two attached hydrogens (primary N) is 1. The van der Waals surface area contributed by atoms with Gasteiger partial charge in [0.05, 0.1) is 0 Å². The van der Waals surface area contributed by atoms with E-state index < -0.39 is 60.7 Å². The second-order valence-electron chi connectivity index (χ2n) is 7.56. The molecule has 0 saturated heterocycles. The van der Waals surface area contributed by atoms with Crippen molar-refractivity contribution in [3.05, 3.63) is 47.5 Å². The van der Waals surface area contributed by atoms with Crippen molar-refractivity contribution < 1.29 is 27.1 Å². The third kappa shape index (κ3) is 3.37. The Labute approximate surface area is 168 Å². The summed E-state index contributed by atoms with van der Waals surface area (Å²) in [5, 5.41) is 6.51. The molecule has 2 heterocycles. The molecule has 160 valence electrons. The number of fused-ring (bicyclic) bond motifs is 1. The molecule has 1 aliphatic carbocycles. The number of aliphatic imine (C=N–C) groups is 1. The number of amides is 1. The zero-order valence-electron chi connectivity index (χ0n) is 15.9. The van der Waals surface area contributed by atoms with Crippen molar-refractivity contribution in [3.63, 3.8) is 0 Å². The standard InChI is InChI=1S/C19H19F4N5O2/c1-28-5-4-14(27-28)16(29)25-10-2-3-13(21)11(6-10)19(9-20)12-7-18(22,23)8-15(12)30-17(24)26-19/h2-6,12,15H,7-9H2,1H3,(H2,24,26)(H,25,29).